The highest BCUT2D eigenvalue weighted by Crippen LogP contribution is 2.38. The van der Waals surface area contributed by atoms with E-state index in [9.17, 15) is 4.79 Å². The van der Waals surface area contributed by atoms with Crippen molar-refractivity contribution in [3.63, 3.8) is 0 Å². The van der Waals surface area contributed by atoms with Crippen molar-refractivity contribution in [2.45, 2.75) is 38.1 Å². The molecule has 5 rings (SSSR count). The number of nitrogens with two attached hydrogens (primary N) is 1. The van der Waals surface area contributed by atoms with Gasteiger partial charge in [-0.05, 0) is 74.6 Å². The monoisotopic (exact) mass is 545 g/mol. The number of unbranched alkanes of at least 4 members (excludes halogenated alkanes) is 2. The zero-order chi connectivity index (χ0) is 27.9. The van der Waals surface area contributed by atoms with Gasteiger partial charge in [-0.3, -0.25) is 9.79 Å². The maximum atomic E-state index is 13.0. The lowest BCUT2D eigenvalue weighted by Gasteiger charge is -2.20. The molecule has 0 radical (unpaired) electrons. The minimum absolute atomic E-state index is 0.000341. The molecule has 0 spiro atoms. The molecule has 0 aliphatic carbocycles. The first-order chi connectivity index (χ1) is 19.6. The number of nitrogen functional groups attached to an aromatic ring is 1. The molecular weight excluding hydrogens is 510 g/mol. The Labute approximate surface area is 234 Å². The summed E-state index contributed by atoms with van der Waals surface area (Å²) in [7, 11) is 3.20. The van der Waals surface area contributed by atoms with Crippen LogP contribution in [0.15, 0.2) is 59.6 Å². The molecule has 3 aromatic rings. The summed E-state index contributed by atoms with van der Waals surface area (Å²) in [4.78, 5) is 19.5. The summed E-state index contributed by atoms with van der Waals surface area (Å²) in [6.07, 6.45) is 6.45. The summed E-state index contributed by atoms with van der Waals surface area (Å²) in [5, 5.41) is 0. The van der Waals surface area contributed by atoms with Gasteiger partial charge in [0.2, 0.25) is 0 Å². The molecule has 2 heterocycles. The second-order valence-electron chi connectivity index (χ2n) is 9.74. The topological polar surface area (TPSA) is 105 Å². The molecule has 0 aromatic heterocycles. The number of amides is 1. The molecule has 210 valence electrons. The molecule has 1 atom stereocenters. The van der Waals surface area contributed by atoms with E-state index in [1.807, 2.05) is 41.4 Å². The molecule has 1 saturated heterocycles. The highest BCUT2D eigenvalue weighted by Gasteiger charge is 2.32. The zero-order valence-corrected chi connectivity index (χ0v) is 22.9. The Morgan fingerprint density at radius 1 is 0.850 bits per heavy atom. The fraction of sp³-hybridized carbons (Fsp3) is 0.355. The molecule has 3 aromatic carbocycles. The van der Waals surface area contributed by atoms with E-state index in [2.05, 4.69) is 4.99 Å². The van der Waals surface area contributed by atoms with Crippen LogP contribution in [0.4, 0.5) is 11.4 Å². The van der Waals surface area contributed by atoms with Crippen molar-refractivity contribution in [3.8, 4) is 34.5 Å². The van der Waals surface area contributed by atoms with Gasteiger partial charge in [0.1, 0.15) is 17.2 Å². The highest BCUT2D eigenvalue weighted by molar-refractivity contribution is 6.03. The Balaban J connectivity index is 1.08. The lowest BCUT2D eigenvalue weighted by Crippen LogP contribution is -2.35. The largest absolute Gasteiger partial charge is 0.497 e. The molecule has 1 fully saturated rings. The van der Waals surface area contributed by atoms with E-state index in [0.29, 0.717) is 58.9 Å². The molecule has 40 heavy (non-hydrogen) atoms. The Hall–Kier alpha value is -4.40. The number of hydrogen-bond donors (Lipinski definition) is 1. The molecule has 9 nitrogen and oxygen atoms in total. The number of aliphatic imine (C=N–C) groups is 1. The predicted octanol–water partition coefficient (Wildman–Crippen LogP) is 6.03. The third kappa shape index (κ3) is 6.25. The van der Waals surface area contributed by atoms with Gasteiger partial charge in [0.05, 0.1) is 50.4 Å². The molecule has 9 heteroatoms. The van der Waals surface area contributed by atoms with E-state index in [1.165, 1.54) is 0 Å². The van der Waals surface area contributed by atoms with Gasteiger partial charge in [0.15, 0.2) is 17.2 Å². The van der Waals surface area contributed by atoms with Crippen LogP contribution >= 0.6 is 0 Å². The van der Waals surface area contributed by atoms with Gasteiger partial charge in [0.25, 0.3) is 5.91 Å². The number of carbonyl (C=O) groups excluding carboxylic acids is 1. The van der Waals surface area contributed by atoms with Crippen molar-refractivity contribution < 1.29 is 28.5 Å². The van der Waals surface area contributed by atoms with Crippen LogP contribution in [0.2, 0.25) is 0 Å². The first-order valence-electron chi connectivity index (χ1n) is 13.6. The predicted molar refractivity (Wildman–Crippen MR) is 154 cm³/mol. The normalized spacial score (nSPS) is 15.7. The lowest BCUT2D eigenvalue weighted by atomic mass is 10.1. The van der Waals surface area contributed by atoms with Crippen molar-refractivity contribution in [3.05, 3.63) is 60.2 Å². The maximum Gasteiger partial charge on any atom is 0.256 e. The molecule has 2 aliphatic rings. The van der Waals surface area contributed by atoms with Gasteiger partial charge in [-0.25, -0.2) is 0 Å². The van der Waals surface area contributed by atoms with E-state index in [1.54, 1.807) is 38.5 Å². The molecule has 0 unspecified atom stereocenters. The van der Waals surface area contributed by atoms with Gasteiger partial charge >= 0.3 is 0 Å². The summed E-state index contributed by atoms with van der Waals surface area (Å²) >= 11 is 0. The summed E-state index contributed by atoms with van der Waals surface area (Å²) in [5.41, 5.74) is 7.81. The van der Waals surface area contributed by atoms with Crippen molar-refractivity contribution in [1.29, 1.82) is 0 Å². The number of benzene rings is 3. The molecule has 1 amide bonds. The van der Waals surface area contributed by atoms with Crippen molar-refractivity contribution >= 4 is 23.5 Å². The van der Waals surface area contributed by atoms with Crippen LogP contribution in [0, 0.1) is 0 Å². The van der Waals surface area contributed by atoms with Gasteiger partial charge in [0, 0.05) is 24.9 Å². The van der Waals surface area contributed by atoms with Crippen LogP contribution in [-0.2, 0) is 0 Å². The van der Waals surface area contributed by atoms with Crippen LogP contribution in [0.3, 0.4) is 0 Å². The number of ether oxygens (including phenoxy) is 5. The third-order valence-electron chi connectivity index (χ3n) is 7.05. The Bertz CT molecular complexity index is 1360. The van der Waals surface area contributed by atoms with Crippen LogP contribution < -0.4 is 29.4 Å². The van der Waals surface area contributed by atoms with E-state index < -0.39 is 0 Å². The smallest absolute Gasteiger partial charge is 0.256 e. The van der Waals surface area contributed by atoms with Crippen LogP contribution in [0.25, 0.3) is 0 Å². The Morgan fingerprint density at radius 3 is 2.38 bits per heavy atom. The van der Waals surface area contributed by atoms with Crippen molar-refractivity contribution in [2.75, 3.05) is 39.7 Å². The Morgan fingerprint density at radius 2 is 1.60 bits per heavy atom. The number of rotatable bonds is 12. The van der Waals surface area contributed by atoms with Crippen LogP contribution in [0.1, 0.15) is 42.5 Å². The van der Waals surface area contributed by atoms with Crippen LogP contribution in [-0.4, -0.2) is 57.0 Å². The first-order valence-corrected chi connectivity index (χ1v) is 13.6. The number of nitrogens with zero attached hydrogens (tertiary/aromatic N) is 2. The number of fused-ring (bicyclic) bond motifs is 2. The van der Waals surface area contributed by atoms with E-state index >= 15 is 0 Å². The molecular formula is C31H35N3O6. The lowest BCUT2D eigenvalue weighted by molar-refractivity contribution is 0.0774. The number of hydrogen-bond acceptors (Lipinski definition) is 8. The second kappa shape index (κ2) is 12.6. The van der Waals surface area contributed by atoms with E-state index in [0.717, 1.165) is 44.4 Å². The minimum Gasteiger partial charge on any atom is -0.497 e. The number of carbonyl (C=O) groups is 1. The Kier molecular flexibility index (Phi) is 8.59. The van der Waals surface area contributed by atoms with Crippen LogP contribution in [0.5, 0.6) is 34.5 Å². The van der Waals surface area contributed by atoms with Gasteiger partial charge in [-0.1, -0.05) is 0 Å². The van der Waals surface area contributed by atoms with Gasteiger partial charge < -0.3 is 34.3 Å². The third-order valence-corrected chi connectivity index (χ3v) is 7.05. The molecule has 2 N–H and O–H groups in total. The number of methoxy groups -OCH3 is 2. The number of anilines is 1. The summed E-state index contributed by atoms with van der Waals surface area (Å²) in [6, 6.07) is 16.3. The minimum atomic E-state index is 0.000341. The van der Waals surface area contributed by atoms with Gasteiger partial charge in [-0.15, -0.1) is 0 Å². The molecule has 0 saturated carbocycles. The standard InChI is InChI=1S/C31H35N3O6/c1-36-22-8-10-23(11-9-22)40-28-17-24(12-13-26(28)32)38-15-4-3-5-16-39-30-19-27-25(18-29(30)37-2)31(35)34-14-6-7-21(34)20-33-27/h8-13,17-21H,3-7,14-16,32H2,1-2H3/t21-/m0/s1. The first kappa shape index (κ1) is 27.2. The quantitative estimate of drug-likeness (QED) is 0.219. The zero-order valence-electron chi connectivity index (χ0n) is 22.9. The average Bonchev–Trinajstić information content (AvgIpc) is 3.41. The molecule has 0 bridgehead atoms. The van der Waals surface area contributed by atoms with Crippen molar-refractivity contribution in [1.82, 2.24) is 4.90 Å². The SMILES string of the molecule is COc1ccc(Oc2cc(OCCCCCOc3cc4c(cc3OC)C(=O)N3CCC[C@H]3C=N4)ccc2N)cc1. The van der Waals surface area contributed by atoms with Crippen molar-refractivity contribution in [2.24, 2.45) is 4.99 Å². The summed E-state index contributed by atoms with van der Waals surface area (Å²) < 4.78 is 28.6. The van der Waals surface area contributed by atoms with E-state index in [-0.39, 0.29) is 11.9 Å². The molecule has 2 aliphatic heterocycles. The second-order valence-corrected chi connectivity index (χ2v) is 9.74. The highest BCUT2D eigenvalue weighted by atomic mass is 16.5. The average molecular weight is 546 g/mol. The fourth-order valence-corrected chi connectivity index (χ4v) is 4.84. The maximum absolute atomic E-state index is 13.0. The fourth-order valence-electron chi connectivity index (χ4n) is 4.84. The summed E-state index contributed by atoms with van der Waals surface area (Å²) in [6.45, 7) is 1.84. The summed E-state index contributed by atoms with van der Waals surface area (Å²) in [5.74, 6) is 3.78. The van der Waals surface area contributed by atoms with E-state index in [4.69, 9.17) is 29.4 Å². The van der Waals surface area contributed by atoms with Gasteiger partial charge in [-0.2, -0.15) is 0 Å².